The molecule has 0 spiro atoms. The normalized spacial score (nSPS) is 11.1. The Morgan fingerprint density at radius 1 is 1.25 bits per heavy atom. The minimum Gasteiger partial charge on any atom is -0.326 e. The fourth-order valence-corrected chi connectivity index (χ4v) is 3.19. The number of carbonyl (C=O) groups excluding carboxylic acids is 1. The van der Waals surface area contributed by atoms with Crippen molar-refractivity contribution < 1.29 is 4.79 Å². The monoisotopic (exact) mass is 377 g/mol. The van der Waals surface area contributed by atoms with Crippen LogP contribution in [0.4, 0.5) is 5.69 Å². The highest BCUT2D eigenvalue weighted by molar-refractivity contribution is 5.91. The van der Waals surface area contributed by atoms with Crippen molar-refractivity contribution >= 4 is 17.4 Å². The Hall–Kier alpha value is -3.69. The number of aromatic nitrogens is 8. The van der Waals surface area contributed by atoms with Gasteiger partial charge in [-0.3, -0.25) is 4.79 Å². The fraction of sp³-hybridized carbons (Fsp3) is 0.278. The van der Waals surface area contributed by atoms with Gasteiger partial charge in [0, 0.05) is 36.1 Å². The third-order valence-corrected chi connectivity index (χ3v) is 4.62. The van der Waals surface area contributed by atoms with Crippen LogP contribution in [0.5, 0.6) is 0 Å². The van der Waals surface area contributed by atoms with Crippen molar-refractivity contribution in [1.29, 1.82) is 0 Å². The molecule has 10 heteroatoms. The Bertz CT molecular complexity index is 1160. The van der Waals surface area contributed by atoms with Crippen LogP contribution in [-0.2, 0) is 18.3 Å². The molecule has 0 atom stereocenters. The Labute approximate surface area is 160 Å². The first-order valence-corrected chi connectivity index (χ1v) is 8.81. The standard InChI is InChI=1S/C18H19N9O/c1-11-15(12(2)27-18(21-11)19-10-20-27)7-8-16(28)22-14-6-4-5-13(9-14)17-23-24-25-26(17)3/h4-6,9-10H,7-8H2,1-3H3,(H,22,28). The molecule has 0 bridgehead atoms. The highest BCUT2D eigenvalue weighted by Crippen LogP contribution is 2.20. The van der Waals surface area contributed by atoms with Crippen LogP contribution in [0.2, 0.25) is 0 Å². The summed E-state index contributed by atoms with van der Waals surface area (Å²) in [5, 5.41) is 18.6. The first kappa shape index (κ1) is 17.7. The molecular weight excluding hydrogens is 358 g/mol. The minimum absolute atomic E-state index is 0.0780. The number of anilines is 1. The predicted octanol–water partition coefficient (Wildman–Crippen LogP) is 1.50. The lowest BCUT2D eigenvalue weighted by Gasteiger charge is -2.11. The van der Waals surface area contributed by atoms with Crippen molar-refractivity contribution in [3.05, 3.63) is 47.5 Å². The smallest absolute Gasteiger partial charge is 0.252 e. The van der Waals surface area contributed by atoms with Crippen LogP contribution in [0.1, 0.15) is 23.4 Å². The molecule has 0 radical (unpaired) electrons. The second-order valence-corrected chi connectivity index (χ2v) is 6.49. The summed E-state index contributed by atoms with van der Waals surface area (Å²) in [6, 6.07) is 7.44. The fourth-order valence-electron chi connectivity index (χ4n) is 3.19. The number of carbonyl (C=O) groups is 1. The second-order valence-electron chi connectivity index (χ2n) is 6.49. The van der Waals surface area contributed by atoms with Gasteiger partial charge in [-0.25, -0.2) is 14.2 Å². The molecular formula is C18H19N9O. The van der Waals surface area contributed by atoms with Gasteiger partial charge >= 0.3 is 0 Å². The molecule has 3 heterocycles. The van der Waals surface area contributed by atoms with E-state index < -0.39 is 0 Å². The molecule has 0 saturated carbocycles. The minimum atomic E-state index is -0.0780. The maximum atomic E-state index is 12.5. The number of hydrogen-bond donors (Lipinski definition) is 1. The number of rotatable bonds is 5. The van der Waals surface area contributed by atoms with Crippen LogP contribution in [0.15, 0.2) is 30.6 Å². The number of fused-ring (bicyclic) bond motifs is 1. The predicted molar refractivity (Wildman–Crippen MR) is 101 cm³/mol. The molecule has 0 aliphatic rings. The molecule has 0 aliphatic carbocycles. The topological polar surface area (TPSA) is 116 Å². The molecule has 0 saturated heterocycles. The number of aryl methyl sites for hydroxylation is 3. The summed E-state index contributed by atoms with van der Waals surface area (Å²) >= 11 is 0. The number of hydrogen-bond acceptors (Lipinski definition) is 7. The lowest BCUT2D eigenvalue weighted by molar-refractivity contribution is -0.116. The molecule has 0 unspecified atom stereocenters. The quantitative estimate of drug-likeness (QED) is 0.560. The van der Waals surface area contributed by atoms with Crippen molar-refractivity contribution in [2.75, 3.05) is 5.32 Å². The van der Waals surface area contributed by atoms with Gasteiger partial charge in [-0.15, -0.1) is 5.10 Å². The Kier molecular flexibility index (Phi) is 4.52. The SMILES string of the molecule is Cc1nc2ncnn2c(C)c1CCC(=O)Nc1cccc(-c2nnnn2C)c1. The molecule has 142 valence electrons. The van der Waals surface area contributed by atoms with E-state index in [-0.39, 0.29) is 5.91 Å². The summed E-state index contributed by atoms with van der Waals surface area (Å²) in [5.41, 5.74) is 4.35. The van der Waals surface area contributed by atoms with E-state index in [1.54, 1.807) is 16.2 Å². The summed E-state index contributed by atoms with van der Waals surface area (Å²) < 4.78 is 3.28. The van der Waals surface area contributed by atoms with E-state index in [1.807, 2.05) is 38.1 Å². The van der Waals surface area contributed by atoms with E-state index in [9.17, 15) is 4.79 Å². The second kappa shape index (κ2) is 7.14. The van der Waals surface area contributed by atoms with Gasteiger partial charge in [0.25, 0.3) is 5.78 Å². The highest BCUT2D eigenvalue weighted by Gasteiger charge is 2.13. The average molecular weight is 377 g/mol. The van der Waals surface area contributed by atoms with E-state index in [0.717, 1.165) is 22.5 Å². The van der Waals surface area contributed by atoms with E-state index in [2.05, 4.69) is 35.9 Å². The van der Waals surface area contributed by atoms with Gasteiger partial charge in [0.05, 0.1) is 0 Å². The largest absolute Gasteiger partial charge is 0.326 e. The third-order valence-electron chi connectivity index (χ3n) is 4.62. The maximum absolute atomic E-state index is 12.5. The molecule has 3 aromatic heterocycles. The van der Waals surface area contributed by atoms with Crippen LogP contribution in [0, 0.1) is 13.8 Å². The van der Waals surface area contributed by atoms with Crippen molar-refractivity contribution in [1.82, 2.24) is 39.8 Å². The summed E-state index contributed by atoms with van der Waals surface area (Å²) in [7, 11) is 1.77. The van der Waals surface area contributed by atoms with Crippen LogP contribution in [0.25, 0.3) is 17.2 Å². The molecule has 0 fully saturated rings. The maximum Gasteiger partial charge on any atom is 0.252 e. The van der Waals surface area contributed by atoms with Gasteiger partial charge < -0.3 is 5.32 Å². The zero-order valence-electron chi connectivity index (χ0n) is 15.8. The van der Waals surface area contributed by atoms with Crippen molar-refractivity contribution in [2.24, 2.45) is 7.05 Å². The highest BCUT2D eigenvalue weighted by atomic mass is 16.1. The lowest BCUT2D eigenvalue weighted by atomic mass is 10.1. The van der Waals surface area contributed by atoms with Gasteiger partial charge in [-0.2, -0.15) is 10.1 Å². The third kappa shape index (κ3) is 3.31. The molecule has 4 rings (SSSR count). The van der Waals surface area contributed by atoms with Gasteiger partial charge in [0.2, 0.25) is 5.91 Å². The number of amides is 1. The number of benzene rings is 1. The first-order valence-electron chi connectivity index (χ1n) is 8.81. The Morgan fingerprint density at radius 3 is 2.89 bits per heavy atom. The number of nitrogens with one attached hydrogen (secondary N) is 1. The average Bonchev–Trinajstić information content (AvgIpc) is 3.30. The number of tetrazole rings is 1. The van der Waals surface area contributed by atoms with Crippen LogP contribution in [-0.4, -0.2) is 45.7 Å². The van der Waals surface area contributed by atoms with Crippen molar-refractivity contribution in [3.8, 4) is 11.4 Å². The summed E-state index contributed by atoms with van der Waals surface area (Å²) in [5.74, 6) is 1.12. The molecule has 1 aromatic carbocycles. The van der Waals surface area contributed by atoms with E-state index in [1.165, 1.54) is 6.33 Å². The Balaban J connectivity index is 1.46. The molecule has 1 N–H and O–H groups in total. The van der Waals surface area contributed by atoms with E-state index >= 15 is 0 Å². The lowest BCUT2D eigenvalue weighted by Crippen LogP contribution is -2.14. The van der Waals surface area contributed by atoms with Crippen molar-refractivity contribution in [3.63, 3.8) is 0 Å². The first-order chi connectivity index (χ1) is 13.5. The molecule has 1 amide bonds. The molecule has 0 aliphatic heterocycles. The van der Waals surface area contributed by atoms with Crippen molar-refractivity contribution in [2.45, 2.75) is 26.7 Å². The number of nitrogens with zero attached hydrogens (tertiary/aromatic N) is 8. The van der Waals surface area contributed by atoms with E-state index in [4.69, 9.17) is 0 Å². The molecule has 4 aromatic rings. The summed E-state index contributed by atoms with van der Waals surface area (Å²) in [6.07, 6.45) is 2.38. The van der Waals surface area contributed by atoms with Gasteiger partial charge in [0.1, 0.15) is 6.33 Å². The molecule has 28 heavy (non-hydrogen) atoms. The van der Waals surface area contributed by atoms with Crippen LogP contribution < -0.4 is 5.32 Å². The zero-order chi connectivity index (χ0) is 19.7. The van der Waals surface area contributed by atoms with E-state index in [0.29, 0.717) is 30.1 Å². The molecule has 10 nitrogen and oxygen atoms in total. The Morgan fingerprint density at radius 2 is 2.11 bits per heavy atom. The van der Waals surface area contributed by atoms with Gasteiger partial charge in [0.15, 0.2) is 5.82 Å². The van der Waals surface area contributed by atoms with Gasteiger partial charge in [-0.1, -0.05) is 12.1 Å². The summed E-state index contributed by atoms with van der Waals surface area (Å²) in [6.45, 7) is 3.88. The van der Waals surface area contributed by atoms with Crippen LogP contribution >= 0.6 is 0 Å². The van der Waals surface area contributed by atoms with Gasteiger partial charge in [-0.05, 0) is 48.4 Å². The summed E-state index contributed by atoms with van der Waals surface area (Å²) in [4.78, 5) is 21.0. The zero-order valence-corrected chi connectivity index (χ0v) is 15.8. The van der Waals surface area contributed by atoms with Crippen LogP contribution in [0.3, 0.4) is 0 Å².